The molecule has 0 saturated heterocycles. The molecule has 0 atom stereocenters. The molecule has 1 aromatic rings. The van der Waals surface area contributed by atoms with Crippen molar-refractivity contribution in [3.8, 4) is 0 Å². The fourth-order valence-electron chi connectivity index (χ4n) is 2.36. The predicted molar refractivity (Wildman–Crippen MR) is 77.9 cm³/mol. The third-order valence-electron chi connectivity index (χ3n) is 3.55. The highest BCUT2D eigenvalue weighted by Gasteiger charge is 2.19. The van der Waals surface area contributed by atoms with Gasteiger partial charge in [0.2, 0.25) is 0 Å². The zero-order valence-electron chi connectivity index (χ0n) is 11.5. The monoisotopic (exact) mass is 260 g/mol. The molecule has 1 aliphatic rings. The molecule has 1 heterocycles. The lowest BCUT2D eigenvalue weighted by Crippen LogP contribution is -2.39. The summed E-state index contributed by atoms with van der Waals surface area (Å²) in [5, 5.41) is 9.05. The zero-order valence-corrected chi connectivity index (χ0v) is 11.5. The topological polar surface area (TPSA) is 43.8 Å². The van der Waals surface area contributed by atoms with E-state index in [1.54, 1.807) is 0 Å². The average molecular weight is 260 g/mol. The van der Waals surface area contributed by atoms with Crippen molar-refractivity contribution in [1.29, 1.82) is 0 Å². The van der Waals surface area contributed by atoms with Crippen molar-refractivity contribution in [2.24, 2.45) is 0 Å². The molecule has 0 bridgehead atoms. The van der Waals surface area contributed by atoms with Crippen molar-refractivity contribution in [1.82, 2.24) is 0 Å². The van der Waals surface area contributed by atoms with Crippen LogP contribution < -0.4 is 9.80 Å². The van der Waals surface area contributed by atoms with E-state index in [9.17, 15) is 4.79 Å². The molecule has 4 nitrogen and oxygen atoms in total. The minimum absolute atomic E-state index is 0.483. The van der Waals surface area contributed by atoms with Crippen LogP contribution in [0.25, 0.3) is 0 Å². The fraction of sp³-hybridized carbons (Fsp3) is 0.400. The van der Waals surface area contributed by atoms with Crippen LogP contribution in [0.2, 0.25) is 0 Å². The Kier molecular flexibility index (Phi) is 4.10. The van der Waals surface area contributed by atoms with E-state index in [4.69, 9.17) is 5.11 Å². The number of carboxylic acid groups (broad SMARTS) is 1. The Balaban J connectivity index is 2.19. The molecule has 0 aromatic heterocycles. The summed E-state index contributed by atoms with van der Waals surface area (Å²) in [5.74, 6) is -0.815. The van der Waals surface area contributed by atoms with E-state index in [2.05, 4.69) is 29.0 Å². The average Bonchev–Trinajstić information content (AvgIpc) is 2.42. The van der Waals surface area contributed by atoms with E-state index in [1.165, 1.54) is 11.4 Å². The fourth-order valence-corrected chi connectivity index (χ4v) is 2.36. The van der Waals surface area contributed by atoms with Gasteiger partial charge in [0, 0.05) is 32.3 Å². The van der Waals surface area contributed by atoms with E-state index in [0.717, 1.165) is 13.1 Å². The van der Waals surface area contributed by atoms with Gasteiger partial charge in [-0.1, -0.05) is 25.1 Å². The lowest BCUT2D eigenvalue weighted by Gasteiger charge is -2.36. The normalized spacial score (nSPS) is 15.4. The maximum Gasteiger partial charge on any atom is 0.331 e. The van der Waals surface area contributed by atoms with Gasteiger partial charge in [0.15, 0.2) is 0 Å². The van der Waals surface area contributed by atoms with Crippen molar-refractivity contribution < 1.29 is 9.90 Å². The van der Waals surface area contributed by atoms with Crippen LogP contribution in [-0.4, -0.2) is 37.8 Å². The number of carbonyl (C=O) groups is 1. The van der Waals surface area contributed by atoms with Crippen LogP contribution in [0, 0.1) is 0 Å². The number of benzene rings is 1. The van der Waals surface area contributed by atoms with Gasteiger partial charge in [0.25, 0.3) is 0 Å². The van der Waals surface area contributed by atoms with Crippen LogP contribution in [0.1, 0.15) is 13.3 Å². The summed E-state index contributed by atoms with van der Waals surface area (Å²) in [5.41, 5.74) is 2.86. The van der Waals surface area contributed by atoms with Gasteiger partial charge in [-0.2, -0.15) is 0 Å². The van der Waals surface area contributed by atoms with Crippen molar-refractivity contribution >= 4 is 17.3 Å². The van der Waals surface area contributed by atoms with Gasteiger partial charge in [-0.3, -0.25) is 0 Å². The number of fused-ring (bicyclic) bond motifs is 1. The molecule has 0 radical (unpaired) electrons. The molecular weight excluding hydrogens is 240 g/mol. The first kappa shape index (κ1) is 13.5. The van der Waals surface area contributed by atoms with Crippen molar-refractivity contribution in [2.75, 3.05) is 36.5 Å². The van der Waals surface area contributed by atoms with Crippen LogP contribution >= 0.6 is 0 Å². The number of nitrogens with zero attached hydrogens (tertiary/aromatic N) is 2. The largest absolute Gasteiger partial charge is 0.478 e. The number of carboxylic acids is 1. The molecule has 0 saturated carbocycles. The summed E-state index contributed by atoms with van der Waals surface area (Å²) >= 11 is 0. The van der Waals surface area contributed by atoms with Crippen molar-refractivity contribution in [2.45, 2.75) is 13.3 Å². The second-order valence-electron chi connectivity index (χ2n) is 4.74. The predicted octanol–water partition coefficient (Wildman–Crippen LogP) is 2.36. The van der Waals surface area contributed by atoms with Gasteiger partial charge in [0.05, 0.1) is 11.4 Å². The Labute approximate surface area is 113 Å². The maximum absolute atomic E-state index is 11.0. The lowest BCUT2D eigenvalue weighted by molar-refractivity contribution is -0.132. The number of para-hydroxylation sites is 2. The number of hydrogen-bond acceptors (Lipinski definition) is 3. The molecule has 0 aliphatic carbocycles. The van der Waals surface area contributed by atoms with Crippen LogP contribution in [0.3, 0.4) is 0 Å². The lowest BCUT2D eigenvalue weighted by atomic mass is 10.1. The van der Waals surface area contributed by atoms with Crippen molar-refractivity contribution in [3.63, 3.8) is 0 Å². The Morgan fingerprint density at radius 1 is 1.32 bits per heavy atom. The van der Waals surface area contributed by atoms with Gasteiger partial charge in [-0.05, 0) is 18.6 Å². The standard InChI is InChI=1S/C15H20N2O2/c1-3-12(15(18)19)8-9-17-11-10-16(2)13-6-4-5-7-14(13)17/h4-8H,3,9-11H2,1-2H3,(H,18,19). The Morgan fingerprint density at radius 3 is 2.63 bits per heavy atom. The molecule has 0 amide bonds. The summed E-state index contributed by atoms with van der Waals surface area (Å²) in [7, 11) is 2.08. The molecule has 19 heavy (non-hydrogen) atoms. The minimum atomic E-state index is -0.815. The van der Waals surface area contributed by atoms with Gasteiger partial charge < -0.3 is 14.9 Å². The Bertz CT molecular complexity index is 497. The van der Waals surface area contributed by atoms with Crippen LogP contribution in [0.15, 0.2) is 35.9 Å². The van der Waals surface area contributed by atoms with E-state index >= 15 is 0 Å². The molecule has 0 fully saturated rings. The molecule has 1 aliphatic heterocycles. The summed E-state index contributed by atoms with van der Waals surface area (Å²) in [6, 6.07) is 8.24. The number of rotatable bonds is 4. The maximum atomic E-state index is 11.0. The third-order valence-corrected chi connectivity index (χ3v) is 3.55. The van der Waals surface area contributed by atoms with Gasteiger partial charge in [0.1, 0.15) is 0 Å². The molecule has 0 unspecified atom stereocenters. The first-order valence-electron chi connectivity index (χ1n) is 6.61. The molecule has 102 valence electrons. The number of hydrogen-bond donors (Lipinski definition) is 1. The van der Waals surface area contributed by atoms with Crippen LogP contribution in [-0.2, 0) is 4.79 Å². The highest BCUT2D eigenvalue weighted by molar-refractivity contribution is 5.86. The molecular formula is C15H20N2O2. The SMILES string of the molecule is CCC(=CCN1CCN(C)c2ccccc21)C(=O)O. The quantitative estimate of drug-likeness (QED) is 0.844. The highest BCUT2D eigenvalue weighted by Crippen LogP contribution is 2.31. The highest BCUT2D eigenvalue weighted by atomic mass is 16.4. The molecule has 1 N–H and O–H groups in total. The second-order valence-corrected chi connectivity index (χ2v) is 4.74. The van der Waals surface area contributed by atoms with E-state index in [1.807, 2.05) is 25.1 Å². The number of likely N-dealkylation sites (N-methyl/N-ethyl adjacent to an activating group) is 1. The molecule has 1 aromatic carbocycles. The van der Waals surface area contributed by atoms with Crippen LogP contribution in [0.4, 0.5) is 11.4 Å². The molecule has 4 heteroatoms. The van der Waals surface area contributed by atoms with Gasteiger partial charge in [-0.15, -0.1) is 0 Å². The van der Waals surface area contributed by atoms with Gasteiger partial charge in [-0.25, -0.2) is 4.79 Å². The number of aliphatic carboxylic acids is 1. The summed E-state index contributed by atoms with van der Waals surface area (Å²) in [6.45, 7) is 4.40. The summed E-state index contributed by atoms with van der Waals surface area (Å²) < 4.78 is 0. The molecule has 2 rings (SSSR count). The van der Waals surface area contributed by atoms with E-state index < -0.39 is 5.97 Å². The number of anilines is 2. The van der Waals surface area contributed by atoms with Crippen molar-refractivity contribution in [3.05, 3.63) is 35.9 Å². The van der Waals surface area contributed by atoms with Gasteiger partial charge >= 0.3 is 5.97 Å². The summed E-state index contributed by atoms with van der Waals surface area (Å²) in [4.78, 5) is 15.5. The zero-order chi connectivity index (χ0) is 13.8. The second kappa shape index (κ2) is 5.78. The Morgan fingerprint density at radius 2 is 2.00 bits per heavy atom. The molecule has 0 spiro atoms. The third kappa shape index (κ3) is 2.89. The first-order chi connectivity index (χ1) is 9.13. The Hall–Kier alpha value is -1.97. The smallest absolute Gasteiger partial charge is 0.331 e. The summed E-state index contributed by atoms with van der Waals surface area (Å²) in [6.07, 6.45) is 2.38. The first-order valence-corrected chi connectivity index (χ1v) is 6.61. The van der Waals surface area contributed by atoms with E-state index in [0.29, 0.717) is 18.5 Å². The van der Waals surface area contributed by atoms with E-state index in [-0.39, 0.29) is 0 Å². The van der Waals surface area contributed by atoms with Crippen LogP contribution in [0.5, 0.6) is 0 Å². The minimum Gasteiger partial charge on any atom is -0.478 e.